The highest BCUT2D eigenvalue weighted by Crippen LogP contribution is 2.22. The molecule has 104 valence electrons. The van der Waals surface area contributed by atoms with Gasteiger partial charge < -0.3 is 10.7 Å². The molecule has 0 unspecified atom stereocenters. The molecule has 1 aromatic heterocycles. The summed E-state index contributed by atoms with van der Waals surface area (Å²) >= 11 is 9.00. The molecule has 2 rings (SSSR count). The highest BCUT2D eigenvalue weighted by molar-refractivity contribution is 9.10. The number of nitrogens with one attached hydrogen (secondary N) is 2. The Morgan fingerprint density at radius 2 is 2.15 bits per heavy atom. The van der Waals surface area contributed by atoms with E-state index in [9.17, 15) is 9.18 Å². The molecule has 2 aromatic rings. The highest BCUT2D eigenvalue weighted by Gasteiger charge is 2.12. The second-order valence-corrected chi connectivity index (χ2v) is 5.10. The van der Waals surface area contributed by atoms with Gasteiger partial charge in [-0.1, -0.05) is 27.5 Å². The van der Waals surface area contributed by atoms with E-state index in [1.165, 1.54) is 24.4 Å². The lowest BCUT2D eigenvalue weighted by Crippen LogP contribution is -2.15. The zero-order chi connectivity index (χ0) is 14.7. The van der Waals surface area contributed by atoms with Gasteiger partial charge in [0.05, 0.1) is 16.3 Å². The van der Waals surface area contributed by atoms with Crippen molar-refractivity contribution in [2.45, 2.75) is 0 Å². The van der Waals surface area contributed by atoms with E-state index in [-0.39, 0.29) is 22.1 Å². The molecule has 0 radical (unpaired) electrons. The van der Waals surface area contributed by atoms with Gasteiger partial charge in [0.15, 0.2) is 5.82 Å². The number of nitrogens with two attached hydrogens (primary N) is 1. The number of benzene rings is 1. The van der Waals surface area contributed by atoms with Gasteiger partial charge in [0, 0.05) is 10.7 Å². The topological polar surface area (TPSA) is 80.0 Å². The van der Waals surface area contributed by atoms with Crippen molar-refractivity contribution < 1.29 is 9.18 Å². The van der Waals surface area contributed by atoms with E-state index >= 15 is 0 Å². The van der Waals surface area contributed by atoms with Crippen molar-refractivity contribution in [3.05, 3.63) is 51.3 Å². The van der Waals surface area contributed by atoms with Gasteiger partial charge in [-0.3, -0.25) is 4.79 Å². The lowest BCUT2D eigenvalue weighted by molar-refractivity contribution is 0.102. The van der Waals surface area contributed by atoms with Crippen LogP contribution in [-0.4, -0.2) is 10.9 Å². The van der Waals surface area contributed by atoms with Crippen molar-refractivity contribution in [1.82, 2.24) is 4.98 Å². The smallest absolute Gasteiger partial charge is 0.257 e. The maximum atomic E-state index is 13.6. The Bertz CT molecular complexity index is 668. The molecule has 8 heteroatoms. The average Bonchev–Trinajstić information content (AvgIpc) is 2.41. The van der Waals surface area contributed by atoms with Crippen LogP contribution in [0.1, 0.15) is 10.4 Å². The van der Waals surface area contributed by atoms with Crippen molar-refractivity contribution in [2.24, 2.45) is 5.84 Å². The number of anilines is 2. The standard InChI is InChI=1S/C12H9BrClFN4O/c13-7-1-2-10(9(15)4-7)18-12(20)6-3-8(14)11(19-16)17-5-6/h1-5H,16H2,(H,17,19)(H,18,20). The van der Waals surface area contributed by atoms with E-state index in [2.05, 4.69) is 31.7 Å². The second kappa shape index (κ2) is 6.17. The van der Waals surface area contributed by atoms with Crippen LogP contribution in [-0.2, 0) is 0 Å². The zero-order valence-corrected chi connectivity index (χ0v) is 12.3. The fourth-order valence-corrected chi connectivity index (χ4v) is 2.01. The van der Waals surface area contributed by atoms with Crippen LogP contribution in [0.3, 0.4) is 0 Å². The Balaban J connectivity index is 2.21. The lowest BCUT2D eigenvalue weighted by Gasteiger charge is -2.08. The van der Waals surface area contributed by atoms with Gasteiger partial charge in [-0.05, 0) is 24.3 Å². The molecule has 0 saturated carbocycles. The molecular formula is C12H9BrClFN4O. The Morgan fingerprint density at radius 1 is 1.40 bits per heavy atom. The summed E-state index contributed by atoms with van der Waals surface area (Å²) in [4.78, 5) is 15.8. The third kappa shape index (κ3) is 3.24. The number of hydrazine groups is 1. The second-order valence-electron chi connectivity index (χ2n) is 3.78. The van der Waals surface area contributed by atoms with Crippen molar-refractivity contribution in [3.63, 3.8) is 0 Å². The van der Waals surface area contributed by atoms with Crippen molar-refractivity contribution in [3.8, 4) is 0 Å². The van der Waals surface area contributed by atoms with E-state index in [1.54, 1.807) is 6.07 Å². The van der Waals surface area contributed by atoms with Crippen LogP contribution in [0, 0.1) is 5.82 Å². The number of halogens is 3. The number of nitrogens with zero attached hydrogens (tertiary/aromatic N) is 1. The number of pyridine rings is 1. The number of carbonyl (C=O) groups is 1. The largest absolute Gasteiger partial charge is 0.319 e. The van der Waals surface area contributed by atoms with Gasteiger partial charge >= 0.3 is 0 Å². The normalized spacial score (nSPS) is 10.2. The minimum absolute atomic E-state index is 0.0651. The van der Waals surface area contributed by atoms with Crippen LogP contribution in [0.15, 0.2) is 34.9 Å². The molecule has 20 heavy (non-hydrogen) atoms. The number of hydrogen-bond donors (Lipinski definition) is 3. The predicted molar refractivity (Wildman–Crippen MR) is 79.1 cm³/mol. The summed E-state index contributed by atoms with van der Waals surface area (Å²) in [6.07, 6.45) is 1.28. The molecule has 0 aliphatic heterocycles. The molecule has 0 saturated heterocycles. The third-order valence-corrected chi connectivity index (χ3v) is 3.20. The summed E-state index contributed by atoms with van der Waals surface area (Å²) in [6, 6.07) is 5.70. The summed E-state index contributed by atoms with van der Waals surface area (Å²) in [6.45, 7) is 0. The van der Waals surface area contributed by atoms with E-state index < -0.39 is 11.7 Å². The third-order valence-electron chi connectivity index (χ3n) is 2.42. The minimum atomic E-state index is -0.549. The molecule has 0 fully saturated rings. The number of carbonyl (C=O) groups excluding carboxylic acids is 1. The van der Waals surface area contributed by atoms with Crippen molar-refractivity contribution in [1.29, 1.82) is 0 Å². The van der Waals surface area contributed by atoms with Gasteiger partial charge in [0.1, 0.15) is 5.82 Å². The van der Waals surface area contributed by atoms with Crippen LogP contribution < -0.4 is 16.6 Å². The minimum Gasteiger partial charge on any atom is -0.319 e. The summed E-state index contributed by atoms with van der Waals surface area (Å²) in [5, 5.41) is 2.62. The van der Waals surface area contributed by atoms with Crippen molar-refractivity contribution in [2.75, 3.05) is 10.7 Å². The first-order valence-electron chi connectivity index (χ1n) is 5.40. The summed E-state index contributed by atoms with van der Waals surface area (Å²) in [7, 11) is 0. The van der Waals surface area contributed by atoms with E-state index in [0.717, 1.165) is 0 Å². The summed E-state index contributed by atoms with van der Waals surface area (Å²) in [5.41, 5.74) is 2.54. The Labute approximate surface area is 127 Å². The molecule has 0 bridgehead atoms. The van der Waals surface area contributed by atoms with Gasteiger partial charge in [-0.25, -0.2) is 15.2 Å². The van der Waals surface area contributed by atoms with Crippen LogP contribution in [0.2, 0.25) is 5.02 Å². The first-order valence-corrected chi connectivity index (χ1v) is 6.57. The molecule has 5 nitrogen and oxygen atoms in total. The monoisotopic (exact) mass is 358 g/mol. The average molecular weight is 360 g/mol. The highest BCUT2D eigenvalue weighted by atomic mass is 79.9. The molecule has 0 aliphatic carbocycles. The number of nitrogen functional groups attached to an aromatic ring is 1. The predicted octanol–water partition coefficient (Wildman–Crippen LogP) is 3.17. The van der Waals surface area contributed by atoms with Crippen LogP contribution in [0.4, 0.5) is 15.9 Å². The molecular weight excluding hydrogens is 351 g/mol. The van der Waals surface area contributed by atoms with Gasteiger partial charge in [0.2, 0.25) is 0 Å². The quantitative estimate of drug-likeness (QED) is 0.581. The molecule has 4 N–H and O–H groups in total. The fourth-order valence-electron chi connectivity index (χ4n) is 1.45. The van der Waals surface area contributed by atoms with E-state index in [4.69, 9.17) is 17.4 Å². The molecule has 1 heterocycles. The zero-order valence-electron chi connectivity index (χ0n) is 9.95. The van der Waals surface area contributed by atoms with Gasteiger partial charge in [-0.2, -0.15) is 0 Å². The molecule has 0 atom stereocenters. The fraction of sp³-hybridized carbons (Fsp3) is 0. The van der Waals surface area contributed by atoms with Gasteiger partial charge in [0.25, 0.3) is 5.91 Å². The van der Waals surface area contributed by atoms with Crippen LogP contribution >= 0.6 is 27.5 Å². The number of hydrogen-bond acceptors (Lipinski definition) is 4. The first-order chi connectivity index (χ1) is 9.51. The maximum absolute atomic E-state index is 13.6. The Hall–Kier alpha value is -1.70. The molecule has 1 aromatic carbocycles. The number of amides is 1. The maximum Gasteiger partial charge on any atom is 0.257 e. The first kappa shape index (κ1) is 14.7. The summed E-state index contributed by atoms with van der Waals surface area (Å²) < 4.78 is 14.2. The molecule has 0 aliphatic rings. The molecule has 0 spiro atoms. The number of aromatic nitrogens is 1. The number of rotatable bonds is 3. The van der Waals surface area contributed by atoms with Gasteiger partial charge in [-0.15, -0.1) is 0 Å². The Kier molecular flexibility index (Phi) is 4.53. The lowest BCUT2D eigenvalue weighted by atomic mass is 10.2. The summed E-state index contributed by atoms with van der Waals surface area (Å²) in [5.74, 6) is 4.36. The van der Waals surface area contributed by atoms with Crippen molar-refractivity contribution >= 4 is 44.9 Å². The van der Waals surface area contributed by atoms with E-state index in [1.807, 2.05) is 0 Å². The molecule has 1 amide bonds. The van der Waals surface area contributed by atoms with Crippen LogP contribution in [0.25, 0.3) is 0 Å². The van der Waals surface area contributed by atoms with E-state index in [0.29, 0.717) is 4.47 Å². The Morgan fingerprint density at radius 3 is 2.75 bits per heavy atom. The van der Waals surface area contributed by atoms with Crippen LogP contribution in [0.5, 0.6) is 0 Å². The SMILES string of the molecule is NNc1ncc(C(=O)Nc2ccc(Br)cc2F)cc1Cl.